The van der Waals surface area contributed by atoms with Crippen molar-refractivity contribution in [2.24, 2.45) is 5.41 Å². The van der Waals surface area contributed by atoms with Crippen LogP contribution < -0.4 is 0 Å². The van der Waals surface area contributed by atoms with Crippen molar-refractivity contribution in [1.29, 1.82) is 0 Å². The maximum Gasteiger partial charge on any atom is 0.0526 e. The van der Waals surface area contributed by atoms with Gasteiger partial charge in [-0.05, 0) is 144 Å². The fourth-order valence-corrected chi connectivity index (χ4v) is 12.4. The van der Waals surface area contributed by atoms with Crippen LogP contribution in [0.25, 0.3) is 11.6 Å². The molecule has 0 aliphatic heterocycles. The van der Waals surface area contributed by atoms with Gasteiger partial charge in [-0.1, -0.05) is 189 Å². The van der Waals surface area contributed by atoms with Gasteiger partial charge in [-0.25, -0.2) is 0 Å². The van der Waals surface area contributed by atoms with Crippen LogP contribution in [0.1, 0.15) is 181 Å². The minimum atomic E-state index is -0.391. The second kappa shape index (κ2) is 22.9. The third-order valence-electron chi connectivity index (χ3n) is 14.6. The van der Waals surface area contributed by atoms with E-state index < -0.39 is 5.41 Å². The summed E-state index contributed by atoms with van der Waals surface area (Å²) in [7, 11) is 0. The lowest BCUT2D eigenvalue weighted by molar-refractivity contribution is 0.145. The van der Waals surface area contributed by atoms with E-state index in [1.807, 2.05) is 0 Å². The monoisotopic (exact) mass is 960 g/mol. The standard InChI is InChI=1S/C58H74Br2O2/c1-5-9-11-13-15-17-35-57(36-18-16-14-12-10-6-2)53-39-45-27-33-50(60)42-52(45)56(53)58(47-29-23-43(24-30-47)21-19-37-61-7-3,48-31-25-44(26-32-48)22-20-38-62-8-4)54-40-46-28-34-49(59)41-51(46)55(54)57/h23-34,39,41-42,56H,5-22,35-38,40H2,1-4H3. The summed E-state index contributed by atoms with van der Waals surface area (Å²) >= 11 is 8.04. The van der Waals surface area contributed by atoms with Crippen molar-refractivity contribution in [3.05, 3.63) is 150 Å². The quantitative estimate of drug-likeness (QED) is 0.0584. The summed E-state index contributed by atoms with van der Waals surface area (Å²) < 4.78 is 13.9. The highest BCUT2D eigenvalue weighted by atomic mass is 79.9. The van der Waals surface area contributed by atoms with E-state index in [0.29, 0.717) is 0 Å². The first kappa shape index (κ1) is 47.2. The van der Waals surface area contributed by atoms with E-state index in [4.69, 9.17) is 9.47 Å². The van der Waals surface area contributed by atoms with Gasteiger partial charge in [0.1, 0.15) is 0 Å². The van der Waals surface area contributed by atoms with Gasteiger partial charge >= 0.3 is 0 Å². The third-order valence-corrected chi connectivity index (χ3v) is 15.6. The summed E-state index contributed by atoms with van der Waals surface area (Å²) in [6, 6.07) is 34.3. The molecule has 0 spiro atoms. The van der Waals surface area contributed by atoms with E-state index in [2.05, 4.69) is 151 Å². The second-order valence-electron chi connectivity index (χ2n) is 18.6. The van der Waals surface area contributed by atoms with Crippen molar-refractivity contribution in [3.8, 4) is 0 Å². The van der Waals surface area contributed by atoms with Gasteiger partial charge in [0.2, 0.25) is 0 Å². The van der Waals surface area contributed by atoms with Gasteiger partial charge in [-0.2, -0.15) is 0 Å². The topological polar surface area (TPSA) is 18.5 Å². The zero-order chi connectivity index (χ0) is 43.4. The number of hydrogen-bond donors (Lipinski definition) is 0. The Balaban J connectivity index is 1.47. The Morgan fingerprint density at radius 3 is 1.63 bits per heavy atom. The minimum absolute atomic E-state index is 0.0466. The number of rotatable bonds is 26. The maximum atomic E-state index is 5.77. The molecule has 0 amide bonds. The highest BCUT2D eigenvalue weighted by molar-refractivity contribution is 9.10. The van der Waals surface area contributed by atoms with Gasteiger partial charge in [0.05, 0.1) is 5.41 Å². The summed E-state index contributed by atoms with van der Waals surface area (Å²) in [5.74, 6) is 0.180. The van der Waals surface area contributed by atoms with Crippen LogP contribution >= 0.6 is 31.9 Å². The van der Waals surface area contributed by atoms with Gasteiger partial charge in [-0.15, -0.1) is 0 Å². The van der Waals surface area contributed by atoms with E-state index in [-0.39, 0.29) is 11.3 Å². The minimum Gasteiger partial charge on any atom is -0.382 e. The molecule has 0 saturated heterocycles. The van der Waals surface area contributed by atoms with E-state index in [9.17, 15) is 0 Å². The molecule has 4 heteroatoms. The molecule has 0 saturated carbocycles. The molecule has 4 aromatic rings. The summed E-state index contributed by atoms with van der Waals surface area (Å²) in [6.07, 6.45) is 26.0. The zero-order valence-corrected chi connectivity index (χ0v) is 41.7. The lowest BCUT2D eigenvalue weighted by atomic mass is 9.47. The number of halogens is 2. The van der Waals surface area contributed by atoms with E-state index in [1.165, 1.54) is 143 Å². The van der Waals surface area contributed by atoms with Crippen molar-refractivity contribution < 1.29 is 9.47 Å². The molecule has 7 rings (SSSR count). The Hall–Kier alpha value is -2.76. The summed E-state index contributed by atoms with van der Waals surface area (Å²) in [6.45, 7) is 12.0. The first-order chi connectivity index (χ1) is 30.4. The van der Waals surface area contributed by atoms with Crippen LogP contribution in [0.2, 0.25) is 0 Å². The van der Waals surface area contributed by atoms with E-state index >= 15 is 0 Å². The lowest BCUT2D eigenvalue weighted by Gasteiger charge is -2.55. The largest absolute Gasteiger partial charge is 0.382 e. The first-order valence-electron chi connectivity index (χ1n) is 24.8. The van der Waals surface area contributed by atoms with Crippen molar-refractivity contribution in [3.63, 3.8) is 0 Å². The van der Waals surface area contributed by atoms with Crippen LogP contribution in [-0.2, 0) is 34.2 Å². The van der Waals surface area contributed by atoms with Gasteiger partial charge < -0.3 is 9.47 Å². The Morgan fingerprint density at radius 1 is 0.565 bits per heavy atom. The number of aryl methyl sites for hydroxylation is 2. The highest BCUT2D eigenvalue weighted by Gasteiger charge is 2.61. The molecular formula is C58H74Br2O2. The van der Waals surface area contributed by atoms with Crippen molar-refractivity contribution >= 4 is 43.5 Å². The summed E-state index contributed by atoms with van der Waals surface area (Å²) in [5.41, 5.74) is 16.0. The molecule has 0 N–H and O–H groups in total. The highest BCUT2D eigenvalue weighted by Crippen LogP contribution is 2.72. The molecule has 0 aromatic heterocycles. The fraction of sp³-hybridized carbons (Fsp3) is 0.517. The molecule has 0 bridgehead atoms. The summed E-state index contributed by atoms with van der Waals surface area (Å²) in [4.78, 5) is 0. The van der Waals surface area contributed by atoms with Crippen LogP contribution in [0.5, 0.6) is 0 Å². The zero-order valence-electron chi connectivity index (χ0n) is 38.6. The molecule has 1 atom stereocenters. The molecule has 332 valence electrons. The molecule has 3 aliphatic carbocycles. The average molecular weight is 963 g/mol. The number of ether oxygens (including phenoxy) is 2. The van der Waals surface area contributed by atoms with Gasteiger partial charge in [-0.3, -0.25) is 0 Å². The molecule has 62 heavy (non-hydrogen) atoms. The first-order valence-corrected chi connectivity index (χ1v) is 26.4. The third kappa shape index (κ3) is 10.2. The summed E-state index contributed by atoms with van der Waals surface area (Å²) in [5, 5.41) is 0. The van der Waals surface area contributed by atoms with Crippen molar-refractivity contribution in [2.75, 3.05) is 26.4 Å². The molecule has 1 unspecified atom stereocenters. The Kier molecular flexibility index (Phi) is 17.5. The molecular weight excluding hydrogens is 888 g/mol. The van der Waals surface area contributed by atoms with Gasteiger partial charge in [0.25, 0.3) is 0 Å². The molecule has 2 nitrogen and oxygen atoms in total. The van der Waals surface area contributed by atoms with E-state index in [0.717, 1.165) is 58.5 Å². The van der Waals surface area contributed by atoms with Crippen molar-refractivity contribution in [1.82, 2.24) is 0 Å². The molecule has 3 aliphatic rings. The Morgan fingerprint density at radius 2 is 1.08 bits per heavy atom. The predicted molar refractivity (Wildman–Crippen MR) is 271 cm³/mol. The smallest absolute Gasteiger partial charge is 0.0526 e. The van der Waals surface area contributed by atoms with Gasteiger partial charge in [0.15, 0.2) is 0 Å². The number of allylic oxidation sites excluding steroid dienone is 3. The lowest BCUT2D eigenvalue weighted by Crippen LogP contribution is -2.46. The SMILES string of the molecule is CCCCCCCCC1(CCCCCCCC)C2=Cc3ccc(Br)cc3C2C(c2ccc(CCCOCC)cc2)(c2ccc(CCCOCC)cc2)C2=C1c1cc(Br)ccc1C2. The van der Waals surface area contributed by atoms with E-state index in [1.54, 1.807) is 16.7 Å². The van der Waals surface area contributed by atoms with Crippen molar-refractivity contribution in [2.45, 2.75) is 161 Å². The maximum absolute atomic E-state index is 5.77. The van der Waals surface area contributed by atoms with Gasteiger partial charge in [0, 0.05) is 46.7 Å². The second-order valence-corrected chi connectivity index (χ2v) is 20.4. The van der Waals surface area contributed by atoms with Crippen LogP contribution in [0.4, 0.5) is 0 Å². The van der Waals surface area contributed by atoms with Crippen LogP contribution in [0.3, 0.4) is 0 Å². The molecule has 0 heterocycles. The Labute approximate surface area is 393 Å². The predicted octanol–water partition coefficient (Wildman–Crippen LogP) is 17.1. The van der Waals surface area contributed by atoms with Crippen LogP contribution in [0.15, 0.2) is 105 Å². The molecule has 0 radical (unpaired) electrons. The Bertz CT molecular complexity index is 2040. The van der Waals surface area contributed by atoms with Crippen LogP contribution in [-0.4, -0.2) is 26.4 Å². The number of unbranched alkanes of at least 4 members (excludes halogenated alkanes) is 10. The normalized spacial score (nSPS) is 16.9. The number of benzene rings is 4. The fourth-order valence-electron chi connectivity index (χ4n) is 11.6. The molecule has 0 fully saturated rings. The number of hydrogen-bond acceptors (Lipinski definition) is 2. The molecule has 4 aromatic carbocycles. The number of fused-ring (bicyclic) bond motifs is 5. The average Bonchev–Trinajstić information content (AvgIpc) is 3.87. The van der Waals surface area contributed by atoms with Crippen LogP contribution in [0, 0.1) is 5.41 Å².